The van der Waals surface area contributed by atoms with Crippen LogP contribution in [0.5, 0.6) is 0 Å². The first kappa shape index (κ1) is 6.93. The van der Waals surface area contributed by atoms with E-state index in [0.717, 1.165) is 11.4 Å². The van der Waals surface area contributed by atoms with Crippen molar-refractivity contribution in [2.75, 3.05) is 0 Å². The summed E-state index contributed by atoms with van der Waals surface area (Å²) in [6, 6.07) is 0. The highest BCUT2D eigenvalue weighted by atomic mass is 14.8. The maximum atomic E-state index is 7.37. The molecule has 0 saturated heterocycles. The van der Waals surface area contributed by atoms with Gasteiger partial charge in [0.25, 0.3) is 0 Å². The van der Waals surface area contributed by atoms with Crippen LogP contribution in [0.2, 0.25) is 0 Å². The van der Waals surface area contributed by atoms with E-state index in [2.05, 4.69) is 4.99 Å². The van der Waals surface area contributed by atoms with Gasteiger partial charge in [-0.3, -0.25) is 10.4 Å². The molecule has 2 nitrogen and oxygen atoms in total. The van der Waals surface area contributed by atoms with Gasteiger partial charge >= 0.3 is 0 Å². The van der Waals surface area contributed by atoms with Crippen molar-refractivity contribution in [3.63, 3.8) is 0 Å². The van der Waals surface area contributed by atoms with Crippen LogP contribution in [-0.2, 0) is 0 Å². The summed E-state index contributed by atoms with van der Waals surface area (Å²) in [6.45, 7) is 3.81. The highest BCUT2D eigenvalue weighted by Crippen LogP contribution is 2.06. The molecule has 1 rings (SSSR count). The van der Waals surface area contributed by atoms with Gasteiger partial charge in [-0.2, -0.15) is 0 Å². The maximum absolute atomic E-state index is 7.37. The molecule has 0 spiro atoms. The average molecular weight is 134 g/mol. The van der Waals surface area contributed by atoms with Crippen molar-refractivity contribution in [2.45, 2.75) is 13.8 Å². The van der Waals surface area contributed by atoms with Gasteiger partial charge in [0.05, 0.1) is 11.4 Å². The third-order valence-corrected chi connectivity index (χ3v) is 1.34. The van der Waals surface area contributed by atoms with Crippen molar-refractivity contribution < 1.29 is 0 Å². The number of nitrogens with one attached hydrogen (secondary N) is 1. The Balaban J connectivity index is 2.99. The Morgan fingerprint density at radius 1 is 1.50 bits per heavy atom. The van der Waals surface area contributed by atoms with Crippen LogP contribution < -0.4 is 0 Å². The third-order valence-electron chi connectivity index (χ3n) is 1.34. The molecule has 1 aliphatic rings. The molecule has 0 unspecified atom stereocenters. The predicted molar refractivity (Wildman–Crippen MR) is 43.7 cm³/mol. The zero-order chi connectivity index (χ0) is 7.56. The van der Waals surface area contributed by atoms with E-state index in [9.17, 15) is 0 Å². The van der Waals surface area contributed by atoms with E-state index >= 15 is 0 Å². The van der Waals surface area contributed by atoms with Gasteiger partial charge in [0.1, 0.15) is 0 Å². The molecule has 10 heavy (non-hydrogen) atoms. The van der Waals surface area contributed by atoms with Crippen LogP contribution in [0.4, 0.5) is 0 Å². The number of aliphatic imine (C=N–C) groups is 1. The number of hydrogen-bond acceptors (Lipinski definition) is 2. The molecule has 1 heterocycles. The number of hydrogen-bond donors (Lipinski definition) is 1. The Morgan fingerprint density at radius 3 is 2.70 bits per heavy atom. The molecule has 0 aromatic carbocycles. The van der Waals surface area contributed by atoms with Gasteiger partial charge in [-0.15, -0.1) is 0 Å². The van der Waals surface area contributed by atoms with Gasteiger partial charge < -0.3 is 0 Å². The van der Waals surface area contributed by atoms with E-state index in [4.69, 9.17) is 5.41 Å². The van der Waals surface area contributed by atoms with Crippen molar-refractivity contribution in [3.8, 4) is 0 Å². The first-order valence-corrected chi connectivity index (χ1v) is 3.22. The van der Waals surface area contributed by atoms with Gasteiger partial charge in [-0.05, 0) is 26.0 Å². The minimum absolute atomic E-state index is 0.494. The molecule has 0 atom stereocenters. The first-order valence-electron chi connectivity index (χ1n) is 3.22. The normalized spacial score (nSPS) is 21.6. The lowest BCUT2D eigenvalue weighted by Gasteiger charge is -2.04. The molecule has 0 bridgehead atoms. The molecule has 0 aliphatic carbocycles. The monoisotopic (exact) mass is 134 g/mol. The summed E-state index contributed by atoms with van der Waals surface area (Å²) in [5, 5.41) is 7.37. The zero-order valence-corrected chi connectivity index (χ0v) is 6.18. The second-order valence-corrected chi connectivity index (χ2v) is 2.17. The maximum Gasteiger partial charge on any atom is 0.0839 e. The largest absolute Gasteiger partial charge is 0.299 e. The Labute approximate surface area is 60.5 Å². The minimum atomic E-state index is 0.494. The molecule has 0 fully saturated rings. The fourth-order valence-corrected chi connectivity index (χ4v) is 0.797. The lowest BCUT2D eigenvalue weighted by Crippen LogP contribution is -2.03. The first-order chi connectivity index (χ1) is 4.74. The van der Waals surface area contributed by atoms with Gasteiger partial charge in [0.2, 0.25) is 0 Å². The summed E-state index contributed by atoms with van der Waals surface area (Å²) >= 11 is 0. The van der Waals surface area contributed by atoms with Crippen molar-refractivity contribution in [2.24, 2.45) is 4.99 Å². The highest BCUT2D eigenvalue weighted by molar-refractivity contribution is 6.14. The lowest BCUT2D eigenvalue weighted by molar-refractivity contribution is 1.35. The third kappa shape index (κ3) is 1.21. The number of allylic oxidation sites excluding steroid dienone is 3. The summed E-state index contributed by atoms with van der Waals surface area (Å²) in [5.41, 5.74) is 2.22. The fourth-order valence-electron chi connectivity index (χ4n) is 0.797. The van der Waals surface area contributed by atoms with Gasteiger partial charge in [0.15, 0.2) is 0 Å². The van der Waals surface area contributed by atoms with E-state index in [1.807, 2.05) is 26.0 Å². The van der Waals surface area contributed by atoms with Crippen molar-refractivity contribution in [1.82, 2.24) is 0 Å². The molecule has 0 radical (unpaired) electrons. The summed E-state index contributed by atoms with van der Waals surface area (Å²) in [4.78, 5) is 4.15. The smallest absolute Gasteiger partial charge is 0.0839 e. The average Bonchev–Trinajstić information content (AvgIpc) is 1.94. The van der Waals surface area contributed by atoms with Crippen LogP contribution in [0.1, 0.15) is 13.8 Å². The molecule has 1 aliphatic heterocycles. The standard InChI is InChI=1S/C8H10N2/c1-3-8-7(9)5-4-6(2)10-8/h3-5,9H,1-2H3/b8-3+,9-7?. The van der Waals surface area contributed by atoms with Crippen molar-refractivity contribution in [3.05, 3.63) is 23.9 Å². The molecular weight excluding hydrogens is 124 g/mol. The lowest BCUT2D eigenvalue weighted by atomic mass is 10.2. The molecular formula is C8H10N2. The number of dihydropyridines is 1. The number of rotatable bonds is 0. The van der Waals surface area contributed by atoms with Crippen LogP contribution in [-0.4, -0.2) is 11.4 Å². The Hall–Kier alpha value is -1.18. The van der Waals surface area contributed by atoms with E-state index in [-0.39, 0.29) is 0 Å². The Morgan fingerprint density at radius 2 is 2.20 bits per heavy atom. The molecule has 0 aromatic rings. The SMILES string of the molecule is C/C=C1/N=C(C)C=CC1=N. The van der Waals surface area contributed by atoms with Crippen LogP contribution in [0.15, 0.2) is 28.9 Å². The fraction of sp³-hybridized carbons (Fsp3) is 0.250. The second kappa shape index (κ2) is 2.60. The Bertz CT molecular complexity index is 244. The summed E-state index contributed by atoms with van der Waals surface area (Å²) < 4.78 is 0. The van der Waals surface area contributed by atoms with Crippen LogP contribution in [0, 0.1) is 5.41 Å². The number of nitrogens with zero attached hydrogens (tertiary/aromatic N) is 1. The molecule has 0 saturated carbocycles. The van der Waals surface area contributed by atoms with Crippen LogP contribution in [0.25, 0.3) is 0 Å². The van der Waals surface area contributed by atoms with E-state index in [0.29, 0.717) is 5.71 Å². The predicted octanol–water partition coefficient (Wildman–Crippen LogP) is 1.94. The molecule has 1 N–H and O–H groups in total. The van der Waals surface area contributed by atoms with Gasteiger partial charge in [-0.25, -0.2) is 0 Å². The zero-order valence-electron chi connectivity index (χ0n) is 6.18. The Kier molecular flexibility index (Phi) is 1.81. The summed E-state index contributed by atoms with van der Waals surface area (Å²) in [5.74, 6) is 0. The van der Waals surface area contributed by atoms with Crippen molar-refractivity contribution >= 4 is 11.4 Å². The topological polar surface area (TPSA) is 36.2 Å². The van der Waals surface area contributed by atoms with Crippen molar-refractivity contribution in [1.29, 1.82) is 5.41 Å². The van der Waals surface area contributed by atoms with Crippen LogP contribution in [0.3, 0.4) is 0 Å². The molecule has 0 amide bonds. The van der Waals surface area contributed by atoms with E-state index in [1.54, 1.807) is 6.08 Å². The summed E-state index contributed by atoms with van der Waals surface area (Å²) in [6.07, 6.45) is 5.45. The quantitative estimate of drug-likeness (QED) is 0.525. The van der Waals surface area contributed by atoms with Gasteiger partial charge in [0, 0.05) is 5.71 Å². The highest BCUT2D eigenvalue weighted by Gasteiger charge is 2.02. The van der Waals surface area contributed by atoms with Crippen LogP contribution >= 0.6 is 0 Å². The summed E-state index contributed by atoms with van der Waals surface area (Å²) in [7, 11) is 0. The minimum Gasteiger partial charge on any atom is -0.299 e. The second-order valence-electron chi connectivity index (χ2n) is 2.17. The molecule has 52 valence electrons. The van der Waals surface area contributed by atoms with Gasteiger partial charge in [-0.1, -0.05) is 6.08 Å². The van der Waals surface area contributed by atoms with E-state index in [1.165, 1.54) is 0 Å². The van der Waals surface area contributed by atoms with E-state index < -0.39 is 0 Å². The molecule has 0 aromatic heterocycles. The molecule has 2 heteroatoms.